The first kappa shape index (κ1) is 13.6. The van der Waals surface area contributed by atoms with Gasteiger partial charge in [-0.2, -0.15) is 0 Å². The third-order valence-corrected chi connectivity index (χ3v) is 3.34. The minimum Gasteiger partial charge on any atom is -0.481 e. The van der Waals surface area contributed by atoms with Gasteiger partial charge in [0.15, 0.2) is 0 Å². The fourth-order valence-corrected chi connectivity index (χ4v) is 2.23. The summed E-state index contributed by atoms with van der Waals surface area (Å²) in [5.74, 6) is -1.69. The van der Waals surface area contributed by atoms with Crippen molar-refractivity contribution in [3.63, 3.8) is 0 Å². The molecular formula is C11H15NO4S. The second-order valence-corrected chi connectivity index (χ2v) is 4.85. The molecule has 6 heteroatoms. The number of carbonyl (C=O) groups is 2. The highest BCUT2D eigenvalue weighted by atomic mass is 32.1. The Labute approximate surface area is 103 Å². The Hall–Kier alpha value is -1.43. The van der Waals surface area contributed by atoms with Gasteiger partial charge in [-0.05, 0) is 19.3 Å². The van der Waals surface area contributed by atoms with Crippen molar-refractivity contribution in [1.82, 2.24) is 4.98 Å². The highest BCUT2D eigenvalue weighted by Gasteiger charge is 2.07. The van der Waals surface area contributed by atoms with Crippen LogP contribution in [0.15, 0.2) is 6.20 Å². The largest absolute Gasteiger partial charge is 0.481 e. The standard InChI is InChI=1S/C11H15NO4S/c13-10(14)6-4-2-1-3-5-9-12-7-8(17-9)11(15)16/h7H,1-6H2,(H,13,14)(H,15,16). The van der Waals surface area contributed by atoms with Gasteiger partial charge in [-0.15, -0.1) is 11.3 Å². The zero-order chi connectivity index (χ0) is 12.7. The summed E-state index contributed by atoms with van der Waals surface area (Å²) in [5, 5.41) is 18.0. The maximum atomic E-state index is 10.6. The summed E-state index contributed by atoms with van der Waals surface area (Å²) in [7, 11) is 0. The number of aryl methyl sites for hydroxylation is 1. The molecule has 0 aliphatic rings. The van der Waals surface area contributed by atoms with E-state index in [0.717, 1.165) is 30.7 Å². The van der Waals surface area contributed by atoms with E-state index in [1.54, 1.807) is 0 Å². The Balaban J connectivity index is 2.13. The lowest BCUT2D eigenvalue weighted by Crippen LogP contribution is -1.93. The maximum absolute atomic E-state index is 10.6. The van der Waals surface area contributed by atoms with Crippen LogP contribution >= 0.6 is 11.3 Å². The second kappa shape index (κ2) is 7.01. The van der Waals surface area contributed by atoms with Crippen LogP contribution in [0.25, 0.3) is 0 Å². The van der Waals surface area contributed by atoms with Crippen LogP contribution < -0.4 is 0 Å². The van der Waals surface area contributed by atoms with Crippen LogP contribution in [0.3, 0.4) is 0 Å². The highest BCUT2D eigenvalue weighted by molar-refractivity contribution is 7.13. The third kappa shape index (κ3) is 5.44. The van der Waals surface area contributed by atoms with E-state index in [-0.39, 0.29) is 11.3 Å². The first-order valence-corrected chi connectivity index (χ1v) is 6.31. The Morgan fingerprint density at radius 1 is 1.18 bits per heavy atom. The van der Waals surface area contributed by atoms with E-state index in [1.165, 1.54) is 17.5 Å². The summed E-state index contributed by atoms with van der Waals surface area (Å²) in [5.41, 5.74) is 0. The van der Waals surface area contributed by atoms with Gasteiger partial charge in [0.25, 0.3) is 0 Å². The number of carboxylic acids is 2. The van der Waals surface area contributed by atoms with E-state index in [2.05, 4.69) is 4.98 Å². The van der Waals surface area contributed by atoms with E-state index >= 15 is 0 Å². The van der Waals surface area contributed by atoms with Crippen LogP contribution in [0, 0.1) is 0 Å². The lowest BCUT2D eigenvalue weighted by Gasteiger charge is -1.97. The molecule has 0 bridgehead atoms. The predicted molar refractivity (Wildman–Crippen MR) is 63.5 cm³/mol. The van der Waals surface area contributed by atoms with Crippen LogP contribution in [0.5, 0.6) is 0 Å². The first-order chi connectivity index (χ1) is 8.09. The summed E-state index contributed by atoms with van der Waals surface area (Å²) in [6.07, 6.45) is 5.84. The van der Waals surface area contributed by atoms with Crippen molar-refractivity contribution in [2.45, 2.75) is 38.5 Å². The number of carboxylic acid groups (broad SMARTS) is 2. The number of nitrogens with zero attached hydrogens (tertiary/aromatic N) is 1. The molecule has 5 nitrogen and oxygen atoms in total. The van der Waals surface area contributed by atoms with Crippen molar-refractivity contribution in [3.05, 3.63) is 16.1 Å². The van der Waals surface area contributed by atoms with Gasteiger partial charge in [-0.3, -0.25) is 4.79 Å². The van der Waals surface area contributed by atoms with Crippen molar-refractivity contribution in [2.24, 2.45) is 0 Å². The van der Waals surface area contributed by atoms with Crippen LogP contribution in [0.2, 0.25) is 0 Å². The molecule has 0 unspecified atom stereocenters. The monoisotopic (exact) mass is 257 g/mol. The molecule has 1 heterocycles. The number of rotatable bonds is 8. The SMILES string of the molecule is O=C(O)CCCCCCc1ncc(C(=O)O)s1. The number of aromatic nitrogens is 1. The molecule has 1 rings (SSSR count). The Morgan fingerprint density at radius 2 is 1.88 bits per heavy atom. The van der Waals surface area contributed by atoms with E-state index in [1.807, 2.05) is 0 Å². The van der Waals surface area contributed by atoms with Gasteiger partial charge in [0.1, 0.15) is 4.88 Å². The zero-order valence-corrected chi connectivity index (χ0v) is 10.2. The lowest BCUT2D eigenvalue weighted by molar-refractivity contribution is -0.137. The number of aliphatic carboxylic acids is 1. The van der Waals surface area contributed by atoms with Gasteiger partial charge in [0.05, 0.1) is 11.2 Å². The minimum absolute atomic E-state index is 0.223. The van der Waals surface area contributed by atoms with Gasteiger partial charge in [-0.1, -0.05) is 12.8 Å². The molecule has 0 atom stereocenters. The summed E-state index contributed by atoms with van der Waals surface area (Å²) in [6, 6.07) is 0. The van der Waals surface area contributed by atoms with Crippen LogP contribution in [0.4, 0.5) is 0 Å². The molecule has 94 valence electrons. The lowest BCUT2D eigenvalue weighted by atomic mass is 10.1. The molecule has 2 N–H and O–H groups in total. The molecule has 17 heavy (non-hydrogen) atoms. The molecule has 0 saturated heterocycles. The summed E-state index contributed by atoms with van der Waals surface area (Å²) >= 11 is 1.20. The predicted octanol–water partition coefficient (Wildman–Crippen LogP) is 2.42. The molecule has 0 aromatic carbocycles. The fraction of sp³-hybridized carbons (Fsp3) is 0.545. The first-order valence-electron chi connectivity index (χ1n) is 5.49. The number of unbranched alkanes of at least 4 members (excludes halogenated alkanes) is 3. The summed E-state index contributed by atoms with van der Waals surface area (Å²) in [4.78, 5) is 25.2. The highest BCUT2D eigenvalue weighted by Crippen LogP contribution is 2.16. The van der Waals surface area contributed by atoms with E-state index in [4.69, 9.17) is 10.2 Å². The van der Waals surface area contributed by atoms with Gasteiger partial charge < -0.3 is 10.2 Å². The second-order valence-electron chi connectivity index (χ2n) is 3.73. The number of hydrogen-bond acceptors (Lipinski definition) is 4. The molecule has 0 aliphatic carbocycles. The molecule has 0 saturated carbocycles. The third-order valence-electron chi connectivity index (χ3n) is 2.30. The quantitative estimate of drug-likeness (QED) is 0.698. The van der Waals surface area contributed by atoms with E-state index in [9.17, 15) is 9.59 Å². The summed E-state index contributed by atoms with van der Waals surface area (Å²) < 4.78 is 0. The smallest absolute Gasteiger partial charge is 0.347 e. The van der Waals surface area contributed by atoms with Crippen molar-refractivity contribution in [2.75, 3.05) is 0 Å². The van der Waals surface area contributed by atoms with Gasteiger partial charge in [0.2, 0.25) is 0 Å². The maximum Gasteiger partial charge on any atom is 0.347 e. The van der Waals surface area contributed by atoms with Gasteiger partial charge in [0, 0.05) is 6.42 Å². The Bertz CT molecular complexity index is 389. The molecule has 0 spiro atoms. The molecule has 0 fully saturated rings. The molecule has 0 amide bonds. The normalized spacial score (nSPS) is 10.4. The summed E-state index contributed by atoms with van der Waals surface area (Å²) in [6.45, 7) is 0. The Kier molecular flexibility index (Phi) is 5.62. The molecular weight excluding hydrogens is 242 g/mol. The van der Waals surface area contributed by atoms with E-state index in [0.29, 0.717) is 6.42 Å². The topological polar surface area (TPSA) is 87.5 Å². The van der Waals surface area contributed by atoms with E-state index < -0.39 is 11.9 Å². The Morgan fingerprint density at radius 3 is 2.47 bits per heavy atom. The number of hydrogen-bond donors (Lipinski definition) is 2. The molecule has 1 aromatic heterocycles. The van der Waals surface area contributed by atoms with Crippen LogP contribution in [-0.4, -0.2) is 27.1 Å². The van der Waals surface area contributed by atoms with Crippen molar-refractivity contribution >= 4 is 23.3 Å². The molecule has 0 aliphatic heterocycles. The van der Waals surface area contributed by atoms with Crippen LogP contribution in [0.1, 0.15) is 46.8 Å². The zero-order valence-electron chi connectivity index (χ0n) is 9.39. The molecule has 0 radical (unpaired) electrons. The van der Waals surface area contributed by atoms with Crippen LogP contribution in [-0.2, 0) is 11.2 Å². The van der Waals surface area contributed by atoms with Crippen molar-refractivity contribution in [3.8, 4) is 0 Å². The fourth-order valence-electron chi connectivity index (χ4n) is 1.43. The van der Waals surface area contributed by atoms with Gasteiger partial charge >= 0.3 is 11.9 Å². The minimum atomic E-state index is -0.935. The number of aromatic carboxylic acids is 1. The van der Waals surface area contributed by atoms with Crippen molar-refractivity contribution < 1.29 is 19.8 Å². The average molecular weight is 257 g/mol. The molecule has 1 aromatic rings. The average Bonchev–Trinajstić information content (AvgIpc) is 2.71. The number of thiazole rings is 1. The van der Waals surface area contributed by atoms with Gasteiger partial charge in [-0.25, -0.2) is 9.78 Å². The van der Waals surface area contributed by atoms with Crippen molar-refractivity contribution in [1.29, 1.82) is 0 Å².